The molecule has 1 amide bonds. The van der Waals surface area contributed by atoms with E-state index in [1.54, 1.807) is 12.1 Å². The molecule has 1 heterocycles. The van der Waals surface area contributed by atoms with Crippen molar-refractivity contribution in [2.45, 2.75) is 25.3 Å². The molecule has 0 saturated carbocycles. The number of amides is 1. The van der Waals surface area contributed by atoms with Crippen molar-refractivity contribution in [3.63, 3.8) is 0 Å². The van der Waals surface area contributed by atoms with Crippen molar-refractivity contribution < 1.29 is 19.8 Å². The molecule has 1 aromatic carbocycles. The van der Waals surface area contributed by atoms with Gasteiger partial charge in [0.1, 0.15) is 11.8 Å². The number of halogens is 2. The number of phenols is 1. The zero-order valence-corrected chi connectivity index (χ0v) is 14.8. The van der Waals surface area contributed by atoms with Crippen LogP contribution in [0.15, 0.2) is 12.1 Å². The number of phenolic OH excluding ortho intramolecular Hbond substituents is 1. The Kier molecular flexibility index (Phi) is 5.10. The first kappa shape index (κ1) is 15.8. The van der Waals surface area contributed by atoms with E-state index in [2.05, 4.69) is 22.6 Å². The lowest BCUT2D eigenvalue weighted by Gasteiger charge is -2.33. The minimum Gasteiger partial charge on any atom is -0.506 e. The van der Waals surface area contributed by atoms with Crippen molar-refractivity contribution in [3.8, 4) is 5.75 Å². The summed E-state index contributed by atoms with van der Waals surface area (Å²) in [6.45, 7) is 0.414. The number of carbonyl (C=O) groups excluding carboxylic acids is 1. The topological polar surface area (TPSA) is 77.8 Å². The number of piperidine rings is 1. The number of carboxylic acid groups (broad SMARTS) is 1. The molecule has 20 heavy (non-hydrogen) atoms. The molecule has 7 heteroatoms. The molecule has 0 aromatic heterocycles. The second-order valence-corrected chi connectivity index (χ2v) is 7.04. The van der Waals surface area contributed by atoms with Crippen LogP contribution in [0.2, 0.25) is 0 Å². The van der Waals surface area contributed by atoms with E-state index in [-0.39, 0.29) is 11.3 Å². The van der Waals surface area contributed by atoms with E-state index in [1.807, 2.05) is 22.6 Å². The minimum atomic E-state index is -0.988. The second kappa shape index (κ2) is 6.46. The molecule has 108 valence electrons. The highest BCUT2D eigenvalue weighted by molar-refractivity contribution is 14.1. The molecule has 1 fully saturated rings. The van der Waals surface area contributed by atoms with E-state index in [9.17, 15) is 19.8 Å². The Morgan fingerprint density at radius 3 is 2.60 bits per heavy atom. The Bertz CT molecular complexity index is 562. The summed E-state index contributed by atoms with van der Waals surface area (Å²) in [5, 5.41) is 19.3. The predicted molar refractivity (Wildman–Crippen MR) is 89.9 cm³/mol. The van der Waals surface area contributed by atoms with Crippen LogP contribution in [0, 0.1) is 7.14 Å². The second-order valence-electron chi connectivity index (χ2n) is 4.63. The van der Waals surface area contributed by atoms with Gasteiger partial charge in [0, 0.05) is 10.1 Å². The van der Waals surface area contributed by atoms with Crippen LogP contribution in [0.3, 0.4) is 0 Å². The maximum absolute atomic E-state index is 12.5. The summed E-state index contributed by atoms with van der Waals surface area (Å²) in [5.41, 5.74) is 0.175. The van der Waals surface area contributed by atoms with E-state index in [4.69, 9.17) is 0 Å². The number of nitrogens with zero attached hydrogens (tertiary/aromatic N) is 1. The van der Waals surface area contributed by atoms with Gasteiger partial charge in [-0.2, -0.15) is 0 Å². The van der Waals surface area contributed by atoms with Gasteiger partial charge in [-0.1, -0.05) is 0 Å². The van der Waals surface area contributed by atoms with Gasteiger partial charge < -0.3 is 15.1 Å². The van der Waals surface area contributed by atoms with Gasteiger partial charge in [0.15, 0.2) is 0 Å². The third kappa shape index (κ3) is 3.18. The first-order valence-corrected chi connectivity index (χ1v) is 8.29. The summed E-state index contributed by atoms with van der Waals surface area (Å²) in [4.78, 5) is 25.1. The fourth-order valence-electron chi connectivity index (χ4n) is 2.32. The number of aliphatic carboxylic acids is 1. The molecule has 0 unspecified atom stereocenters. The van der Waals surface area contributed by atoms with Crippen LogP contribution in [0.1, 0.15) is 29.6 Å². The smallest absolute Gasteiger partial charge is 0.326 e. The lowest BCUT2D eigenvalue weighted by Crippen LogP contribution is -2.48. The van der Waals surface area contributed by atoms with E-state index < -0.39 is 17.9 Å². The first-order valence-electron chi connectivity index (χ1n) is 6.13. The van der Waals surface area contributed by atoms with Gasteiger partial charge in [0.25, 0.3) is 5.91 Å². The van der Waals surface area contributed by atoms with Crippen molar-refractivity contribution in [1.29, 1.82) is 0 Å². The number of hydrogen-bond acceptors (Lipinski definition) is 3. The maximum atomic E-state index is 12.5. The molecule has 0 bridgehead atoms. The molecule has 1 aromatic rings. The molecule has 0 radical (unpaired) electrons. The molecule has 2 N–H and O–H groups in total. The summed E-state index contributed by atoms with van der Waals surface area (Å²) in [5.74, 6) is -1.48. The van der Waals surface area contributed by atoms with Crippen molar-refractivity contribution in [3.05, 3.63) is 24.8 Å². The molecule has 1 aliphatic rings. The SMILES string of the molecule is O=C(O)[C@@H]1CCCCN1C(=O)c1cc(I)cc(I)c1O. The average Bonchev–Trinajstić information content (AvgIpc) is 2.42. The van der Waals surface area contributed by atoms with Gasteiger partial charge in [-0.3, -0.25) is 4.79 Å². The lowest BCUT2D eigenvalue weighted by molar-refractivity contribution is -0.143. The molecule has 1 saturated heterocycles. The van der Waals surface area contributed by atoms with Crippen LogP contribution in [0.4, 0.5) is 0 Å². The highest BCUT2D eigenvalue weighted by atomic mass is 127. The lowest BCUT2D eigenvalue weighted by atomic mass is 10.0. The van der Waals surface area contributed by atoms with Crippen LogP contribution in [-0.4, -0.2) is 39.6 Å². The number of carboxylic acids is 1. The minimum absolute atomic E-state index is 0.0780. The number of aromatic hydroxyl groups is 1. The third-order valence-electron chi connectivity index (χ3n) is 3.31. The van der Waals surface area contributed by atoms with Crippen LogP contribution in [-0.2, 0) is 4.79 Å². The monoisotopic (exact) mass is 501 g/mol. The number of hydrogen-bond donors (Lipinski definition) is 2. The summed E-state index contributed by atoms with van der Waals surface area (Å²) < 4.78 is 1.42. The van der Waals surface area contributed by atoms with Gasteiger partial charge in [-0.25, -0.2) is 4.79 Å². The van der Waals surface area contributed by atoms with Crippen LogP contribution < -0.4 is 0 Å². The molecule has 1 aliphatic heterocycles. The summed E-state index contributed by atoms with van der Waals surface area (Å²) >= 11 is 4.02. The standard InChI is InChI=1S/C13H13I2NO4/c14-7-5-8(11(17)9(15)6-7)12(18)16-4-2-1-3-10(16)13(19)20/h5-6,10,17H,1-4H2,(H,19,20)/t10-/m0/s1. The van der Waals surface area contributed by atoms with Gasteiger partial charge in [0.05, 0.1) is 9.13 Å². The van der Waals surface area contributed by atoms with Crippen molar-refractivity contribution in [2.75, 3.05) is 6.54 Å². The Morgan fingerprint density at radius 2 is 1.95 bits per heavy atom. The average molecular weight is 501 g/mol. The van der Waals surface area contributed by atoms with Gasteiger partial charge in [0.2, 0.25) is 0 Å². The number of rotatable bonds is 2. The summed E-state index contributed by atoms with van der Waals surface area (Å²) in [7, 11) is 0. The van der Waals surface area contributed by atoms with Crippen molar-refractivity contribution in [1.82, 2.24) is 4.90 Å². The van der Waals surface area contributed by atoms with Gasteiger partial charge in [-0.05, 0) is 76.6 Å². The Hall–Kier alpha value is -0.580. The molecule has 1 atom stereocenters. The normalized spacial score (nSPS) is 18.9. The molecular formula is C13H13I2NO4. The summed E-state index contributed by atoms with van der Waals surface area (Å²) in [6, 6.07) is 2.55. The molecular weight excluding hydrogens is 488 g/mol. The van der Waals surface area contributed by atoms with Crippen LogP contribution >= 0.6 is 45.2 Å². The maximum Gasteiger partial charge on any atom is 0.326 e. The fraction of sp³-hybridized carbons (Fsp3) is 0.385. The van der Waals surface area contributed by atoms with Crippen LogP contribution in [0.25, 0.3) is 0 Å². The van der Waals surface area contributed by atoms with Gasteiger partial charge >= 0.3 is 5.97 Å². The highest BCUT2D eigenvalue weighted by Crippen LogP contribution is 2.30. The fourth-order valence-corrected chi connectivity index (χ4v) is 4.16. The quantitative estimate of drug-likeness (QED) is 0.612. The highest BCUT2D eigenvalue weighted by Gasteiger charge is 2.33. The third-order valence-corrected chi connectivity index (χ3v) is 4.75. The summed E-state index contributed by atoms with van der Waals surface area (Å²) in [6.07, 6.45) is 2.05. The molecule has 0 spiro atoms. The molecule has 0 aliphatic carbocycles. The Morgan fingerprint density at radius 1 is 1.25 bits per heavy atom. The largest absolute Gasteiger partial charge is 0.506 e. The predicted octanol–water partition coefficient (Wildman–Crippen LogP) is 2.68. The molecule has 2 rings (SSSR count). The number of carbonyl (C=O) groups is 2. The van der Waals surface area contributed by atoms with Crippen LogP contribution in [0.5, 0.6) is 5.75 Å². The number of benzene rings is 1. The molecule has 5 nitrogen and oxygen atoms in total. The number of likely N-dealkylation sites (tertiary alicyclic amines) is 1. The Labute approximate surface area is 143 Å². The van der Waals surface area contributed by atoms with E-state index in [0.29, 0.717) is 16.5 Å². The van der Waals surface area contributed by atoms with E-state index in [0.717, 1.165) is 16.4 Å². The van der Waals surface area contributed by atoms with Crippen molar-refractivity contribution in [2.24, 2.45) is 0 Å². The van der Waals surface area contributed by atoms with E-state index >= 15 is 0 Å². The first-order chi connectivity index (χ1) is 9.41. The van der Waals surface area contributed by atoms with Gasteiger partial charge in [-0.15, -0.1) is 0 Å². The van der Waals surface area contributed by atoms with E-state index in [1.165, 1.54) is 4.90 Å². The zero-order chi connectivity index (χ0) is 14.9. The zero-order valence-electron chi connectivity index (χ0n) is 10.5. The Balaban J connectivity index is 2.37. The van der Waals surface area contributed by atoms with Crippen molar-refractivity contribution >= 4 is 57.1 Å².